The lowest BCUT2D eigenvalue weighted by Gasteiger charge is -2.07. The topological polar surface area (TPSA) is 64.0 Å². The van der Waals surface area contributed by atoms with Crippen LogP contribution in [0.3, 0.4) is 0 Å². The number of carbonyl (C=O) groups is 1. The molecule has 0 aliphatic carbocycles. The second-order valence-electron chi connectivity index (χ2n) is 5.51. The van der Waals surface area contributed by atoms with Crippen molar-refractivity contribution in [2.75, 3.05) is 5.32 Å². The number of thiophene rings is 1. The summed E-state index contributed by atoms with van der Waals surface area (Å²) in [6.45, 7) is -0.0986. The minimum atomic E-state index is -0.299. The third-order valence-corrected chi connectivity index (χ3v) is 5.19. The Bertz CT molecular complexity index is 1150. The summed E-state index contributed by atoms with van der Waals surface area (Å²) in [5.74, 6) is -0.299. The number of rotatable bonds is 3. The lowest BCUT2D eigenvalue weighted by atomic mass is 10.2. The summed E-state index contributed by atoms with van der Waals surface area (Å²) in [6.07, 6.45) is 1.42. The van der Waals surface area contributed by atoms with Gasteiger partial charge in [0.2, 0.25) is 5.91 Å². The second kappa shape index (κ2) is 6.31. The third-order valence-electron chi connectivity index (χ3n) is 3.79. The summed E-state index contributed by atoms with van der Waals surface area (Å²) >= 11 is 7.22. The Morgan fingerprint density at radius 1 is 1.16 bits per heavy atom. The van der Waals surface area contributed by atoms with Crippen LogP contribution >= 0.6 is 22.9 Å². The van der Waals surface area contributed by atoms with Crippen LogP contribution in [0.1, 0.15) is 0 Å². The molecule has 0 radical (unpaired) electrons. The van der Waals surface area contributed by atoms with Crippen LogP contribution in [0.4, 0.5) is 5.69 Å². The van der Waals surface area contributed by atoms with E-state index in [0.717, 1.165) is 10.1 Å². The number of fused-ring (bicyclic) bond motifs is 3. The van der Waals surface area contributed by atoms with Crippen LogP contribution in [0.25, 0.3) is 20.3 Å². The zero-order chi connectivity index (χ0) is 17.4. The maximum Gasteiger partial charge on any atom is 0.271 e. The predicted octanol–water partition coefficient (Wildman–Crippen LogP) is 3.90. The summed E-state index contributed by atoms with van der Waals surface area (Å²) < 4.78 is 2.89. The number of hydrogen-bond donors (Lipinski definition) is 1. The first kappa shape index (κ1) is 15.8. The molecule has 0 saturated heterocycles. The van der Waals surface area contributed by atoms with E-state index in [9.17, 15) is 9.59 Å². The fraction of sp³-hybridized carbons (Fsp3) is 0.0556. The minimum Gasteiger partial charge on any atom is -0.325 e. The molecule has 25 heavy (non-hydrogen) atoms. The molecular formula is C18H12ClN3O2S. The summed E-state index contributed by atoms with van der Waals surface area (Å²) in [7, 11) is 0. The molecule has 2 aromatic heterocycles. The first-order chi connectivity index (χ1) is 12.1. The molecule has 0 spiro atoms. The van der Waals surface area contributed by atoms with Crippen molar-refractivity contribution < 1.29 is 4.79 Å². The van der Waals surface area contributed by atoms with Gasteiger partial charge in [0.25, 0.3) is 5.56 Å². The van der Waals surface area contributed by atoms with Crippen molar-refractivity contribution >= 4 is 54.8 Å². The van der Waals surface area contributed by atoms with E-state index in [1.54, 1.807) is 24.3 Å². The van der Waals surface area contributed by atoms with Crippen molar-refractivity contribution in [2.24, 2.45) is 0 Å². The Balaban J connectivity index is 1.64. The lowest BCUT2D eigenvalue weighted by molar-refractivity contribution is -0.116. The maximum absolute atomic E-state index is 12.7. The Morgan fingerprint density at radius 3 is 2.72 bits per heavy atom. The summed E-state index contributed by atoms with van der Waals surface area (Å²) in [5.41, 5.74) is 1.09. The van der Waals surface area contributed by atoms with Crippen molar-refractivity contribution in [3.05, 3.63) is 70.2 Å². The summed E-state index contributed by atoms with van der Waals surface area (Å²) in [5, 5.41) is 4.29. The smallest absolute Gasteiger partial charge is 0.271 e. The fourth-order valence-corrected chi connectivity index (χ4v) is 3.85. The van der Waals surface area contributed by atoms with E-state index in [1.807, 2.05) is 24.3 Å². The molecule has 2 heterocycles. The molecule has 7 heteroatoms. The van der Waals surface area contributed by atoms with Crippen LogP contribution in [0.15, 0.2) is 59.7 Å². The first-order valence-electron chi connectivity index (χ1n) is 7.54. The quantitative estimate of drug-likeness (QED) is 0.595. The normalized spacial score (nSPS) is 11.1. The Labute approximate surface area is 151 Å². The van der Waals surface area contributed by atoms with Crippen LogP contribution < -0.4 is 10.9 Å². The van der Waals surface area contributed by atoms with Crippen LogP contribution in [-0.4, -0.2) is 15.5 Å². The minimum absolute atomic E-state index is 0.0986. The molecule has 0 aliphatic rings. The predicted molar refractivity (Wildman–Crippen MR) is 101 cm³/mol. The van der Waals surface area contributed by atoms with Crippen LogP contribution in [0.2, 0.25) is 5.02 Å². The molecular weight excluding hydrogens is 358 g/mol. The average Bonchev–Trinajstić information content (AvgIpc) is 2.99. The van der Waals surface area contributed by atoms with Gasteiger partial charge in [-0.25, -0.2) is 4.98 Å². The van der Waals surface area contributed by atoms with Gasteiger partial charge in [-0.05, 0) is 30.3 Å². The van der Waals surface area contributed by atoms with Crippen LogP contribution in [0, 0.1) is 0 Å². The van der Waals surface area contributed by atoms with Gasteiger partial charge in [0.05, 0.1) is 11.8 Å². The van der Waals surface area contributed by atoms with Gasteiger partial charge in [-0.1, -0.05) is 29.8 Å². The summed E-state index contributed by atoms with van der Waals surface area (Å²) in [6, 6.07) is 14.5. The van der Waals surface area contributed by atoms with E-state index < -0.39 is 0 Å². The monoisotopic (exact) mass is 369 g/mol. The Morgan fingerprint density at radius 2 is 1.92 bits per heavy atom. The van der Waals surface area contributed by atoms with Gasteiger partial charge in [-0.15, -0.1) is 11.3 Å². The van der Waals surface area contributed by atoms with E-state index in [2.05, 4.69) is 10.3 Å². The molecule has 1 N–H and O–H groups in total. The fourth-order valence-electron chi connectivity index (χ4n) is 2.62. The molecule has 0 atom stereocenters. The largest absolute Gasteiger partial charge is 0.325 e. The molecule has 5 nitrogen and oxygen atoms in total. The van der Waals surface area contributed by atoms with E-state index >= 15 is 0 Å². The number of amides is 1. The van der Waals surface area contributed by atoms with Gasteiger partial charge < -0.3 is 5.32 Å². The number of halogens is 1. The van der Waals surface area contributed by atoms with Crippen LogP contribution in [-0.2, 0) is 11.3 Å². The summed E-state index contributed by atoms with van der Waals surface area (Å²) in [4.78, 5) is 29.2. The molecule has 1 amide bonds. The molecule has 4 rings (SSSR count). The average molecular weight is 370 g/mol. The zero-order valence-corrected chi connectivity index (χ0v) is 14.5. The molecule has 124 valence electrons. The number of anilines is 1. The molecule has 0 saturated carbocycles. The first-order valence-corrected chi connectivity index (χ1v) is 8.73. The van der Waals surface area contributed by atoms with Gasteiger partial charge >= 0.3 is 0 Å². The van der Waals surface area contributed by atoms with Gasteiger partial charge in [0.1, 0.15) is 11.2 Å². The van der Waals surface area contributed by atoms with Crippen molar-refractivity contribution in [1.29, 1.82) is 0 Å². The van der Waals surface area contributed by atoms with E-state index in [-0.39, 0.29) is 18.0 Å². The van der Waals surface area contributed by atoms with E-state index in [4.69, 9.17) is 11.6 Å². The molecule has 2 aromatic carbocycles. The number of carbonyl (C=O) groups excluding carboxylic acids is 1. The lowest BCUT2D eigenvalue weighted by Crippen LogP contribution is -2.27. The van der Waals surface area contributed by atoms with E-state index in [1.165, 1.54) is 22.2 Å². The zero-order valence-electron chi connectivity index (χ0n) is 12.9. The number of aromatic nitrogens is 2. The van der Waals surface area contributed by atoms with Crippen molar-refractivity contribution in [1.82, 2.24) is 9.55 Å². The van der Waals surface area contributed by atoms with Gasteiger partial charge in [0, 0.05) is 20.8 Å². The van der Waals surface area contributed by atoms with E-state index in [0.29, 0.717) is 20.9 Å². The molecule has 0 fully saturated rings. The third kappa shape index (κ3) is 3.01. The number of benzene rings is 2. The van der Waals surface area contributed by atoms with Crippen molar-refractivity contribution in [2.45, 2.75) is 6.54 Å². The standard InChI is InChI=1S/C18H12ClN3O2S/c19-11-5-7-12(8-6-11)21-15(23)9-22-10-20-16-13-3-1-2-4-14(13)25-17(16)18(22)24/h1-8,10H,9H2,(H,21,23). The second-order valence-corrected chi connectivity index (χ2v) is 7.00. The Kier molecular flexibility index (Phi) is 3.99. The van der Waals surface area contributed by atoms with Gasteiger partial charge in [-0.3, -0.25) is 14.2 Å². The van der Waals surface area contributed by atoms with Gasteiger partial charge in [-0.2, -0.15) is 0 Å². The Hall–Kier alpha value is -2.70. The van der Waals surface area contributed by atoms with Crippen molar-refractivity contribution in [3.8, 4) is 0 Å². The molecule has 0 unspecified atom stereocenters. The number of nitrogens with zero attached hydrogens (tertiary/aromatic N) is 2. The highest BCUT2D eigenvalue weighted by Crippen LogP contribution is 2.29. The van der Waals surface area contributed by atoms with Crippen LogP contribution in [0.5, 0.6) is 0 Å². The van der Waals surface area contributed by atoms with Gasteiger partial charge in [0.15, 0.2) is 0 Å². The highest BCUT2D eigenvalue weighted by molar-refractivity contribution is 7.25. The molecule has 4 aromatic rings. The molecule has 0 aliphatic heterocycles. The maximum atomic E-state index is 12.7. The number of nitrogens with one attached hydrogen (secondary N) is 1. The van der Waals surface area contributed by atoms with Crippen molar-refractivity contribution in [3.63, 3.8) is 0 Å². The highest BCUT2D eigenvalue weighted by atomic mass is 35.5. The molecule has 0 bridgehead atoms. The number of hydrogen-bond acceptors (Lipinski definition) is 4. The SMILES string of the molecule is O=C(Cn1cnc2c(sc3ccccc32)c1=O)Nc1ccc(Cl)cc1. The highest BCUT2D eigenvalue weighted by Gasteiger charge is 2.13.